The molecule has 3 amide bonds. The fourth-order valence-electron chi connectivity index (χ4n) is 5.80. The third-order valence-corrected chi connectivity index (χ3v) is 8.40. The summed E-state index contributed by atoms with van der Waals surface area (Å²) >= 11 is 0. The number of methoxy groups -OCH3 is 2. The smallest absolute Gasteiger partial charge is 0.258 e. The van der Waals surface area contributed by atoms with Crippen LogP contribution in [0.5, 0.6) is 23.0 Å². The molecule has 2 N–H and O–H groups in total. The zero-order valence-electron chi connectivity index (χ0n) is 27.3. The van der Waals surface area contributed by atoms with Gasteiger partial charge in [0.25, 0.3) is 5.91 Å². The number of carbonyl (C=O) groups is 3. The highest BCUT2D eigenvalue weighted by molar-refractivity contribution is 5.79. The fourth-order valence-corrected chi connectivity index (χ4v) is 5.80. The van der Waals surface area contributed by atoms with Gasteiger partial charge in [-0.2, -0.15) is 4.98 Å². The highest BCUT2D eigenvalue weighted by Gasteiger charge is 2.38. The van der Waals surface area contributed by atoms with E-state index in [1.807, 2.05) is 12.1 Å². The number of aromatic nitrogens is 3. The van der Waals surface area contributed by atoms with Crippen molar-refractivity contribution in [3.05, 3.63) is 77.9 Å². The summed E-state index contributed by atoms with van der Waals surface area (Å²) in [4.78, 5) is 49.3. The number of carbonyl (C=O) groups excluding carboxylic acids is 3. The van der Waals surface area contributed by atoms with Gasteiger partial charge in [0.05, 0.1) is 26.8 Å². The summed E-state index contributed by atoms with van der Waals surface area (Å²) in [5, 5.41) is 9.97. The molecule has 5 aliphatic rings. The monoisotopic (exact) mass is 670 g/mol. The van der Waals surface area contributed by atoms with Crippen LogP contribution in [-0.4, -0.2) is 83.8 Å². The molecule has 4 aromatic rings. The second-order valence-electron chi connectivity index (χ2n) is 11.8. The molecule has 7 heterocycles. The Bertz CT molecular complexity index is 1780. The Labute approximate surface area is 283 Å². The Morgan fingerprint density at radius 2 is 1.82 bits per heavy atom. The van der Waals surface area contributed by atoms with E-state index >= 15 is 0 Å². The van der Waals surface area contributed by atoms with E-state index in [2.05, 4.69) is 25.8 Å². The quantitative estimate of drug-likeness (QED) is 0.297. The molecule has 0 saturated carbocycles. The maximum Gasteiger partial charge on any atom is 0.258 e. The van der Waals surface area contributed by atoms with E-state index in [1.54, 1.807) is 60.8 Å². The van der Waals surface area contributed by atoms with Crippen molar-refractivity contribution < 1.29 is 37.9 Å². The lowest BCUT2D eigenvalue weighted by atomic mass is 10.1. The molecule has 1 saturated heterocycles. The highest BCUT2D eigenvalue weighted by atomic mass is 16.5. The summed E-state index contributed by atoms with van der Waals surface area (Å²) in [6.45, 7) is 0.509. The van der Waals surface area contributed by atoms with Crippen molar-refractivity contribution in [3.8, 4) is 34.4 Å². The van der Waals surface area contributed by atoms with Gasteiger partial charge in [0, 0.05) is 61.9 Å². The Balaban J connectivity index is 1.15. The van der Waals surface area contributed by atoms with Crippen molar-refractivity contribution in [2.45, 2.75) is 50.8 Å². The summed E-state index contributed by atoms with van der Waals surface area (Å²) in [5.74, 6) is 2.23. The molecule has 14 nitrogen and oxygen atoms in total. The molecule has 9 rings (SSSR count). The lowest BCUT2D eigenvalue weighted by Crippen LogP contribution is -2.46. The van der Waals surface area contributed by atoms with E-state index in [4.69, 9.17) is 23.5 Å². The molecule has 256 valence electrons. The first-order chi connectivity index (χ1) is 23.9. The molecule has 0 radical (unpaired) electrons. The molecule has 0 aliphatic carbocycles. The SMILES string of the molecule is COc1cc2ccc1CNC(=O)CCc1ccc(c(OC)c1)OCC(=O)N[C@@H]1CN(C(=O)CCCc3nc(-c4ccncc4)no3)C[C@H]1O2. The summed E-state index contributed by atoms with van der Waals surface area (Å²) < 4.78 is 28.7. The number of hydrogen-bond donors (Lipinski definition) is 2. The lowest BCUT2D eigenvalue weighted by molar-refractivity contribution is -0.131. The Morgan fingerprint density at radius 1 is 0.980 bits per heavy atom. The van der Waals surface area contributed by atoms with Crippen LogP contribution in [0, 0.1) is 0 Å². The molecular weight excluding hydrogens is 632 g/mol. The van der Waals surface area contributed by atoms with Gasteiger partial charge >= 0.3 is 0 Å². The van der Waals surface area contributed by atoms with E-state index in [9.17, 15) is 14.4 Å². The van der Waals surface area contributed by atoms with Crippen LogP contribution in [0.4, 0.5) is 0 Å². The van der Waals surface area contributed by atoms with E-state index < -0.39 is 12.1 Å². The minimum Gasteiger partial charge on any atom is -0.496 e. The number of likely N-dealkylation sites (tertiary alicyclic amines) is 1. The van der Waals surface area contributed by atoms with Crippen LogP contribution in [-0.2, 0) is 33.8 Å². The molecule has 14 heteroatoms. The lowest BCUT2D eigenvalue weighted by Gasteiger charge is -2.22. The van der Waals surface area contributed by atoms with Gasteiger partial charge in [0.2, 0.25) is 23.5 Å². The molecular formula is C35H38N6O8. The Hall–Kier alpha value is -5.66. The van der Waals surface area contributed by atoms with Crippen LogP contribution in [0.15, 0.2) is 65.4 Å². The molecule has 2 aromatic carbocycles. The van der Waals surface area contributed by atoms with Gasteiger partial charge in [-0.05, 0) is 54.8 Å². The van der Waals surface area contributed by atoms with Gasteiger partial charge in [-0.25, -0.2) is 0 Å². The zero-order valence-corrected chi connectivity index (χ0v) is 27.3. The van der Waals surface area contributed by atoms with Gasteiger partial charge in [-0.1, -0.05) is 11.2 Å². The minimum atomic E-state index is -0.554. The van der Waals surface area contributed by atoms with Crippen LogP contribution in [0.2, 0.25) is 0 Å². The average Bonchev–Trinajstić information content (AvgIpc) is 3.76. The van der Waals surface area contributed by atoms with Crippen LogP contribution < -0.4 is 29.6 Å². The van der Waals surface area contributed by atoms with Crippen LogP contribution in [0.1, 0.15) is 36.3 Å². The van der Waals surface area contributed by atoms with E-state index in [-0.39, 0.29) is 56.8 Å². The summed E-state index contributed by atoms with van der Waals surface area (Å²) in [5.41, 5.74) is 2.47. The molecule has 49 heavy (non-hydrogen) atoms. The van der Waals surface area contributed by atoms with Gasteiger partial charge < -0.3 is 39.0 Å². The number of hydrogen-bond acceptors (Lipinski definition) is 11. The molecule has 2 atom stereocenters. The van der Waals surface area contributed by atoms with E-state index in [0.29, 0.717) is 54.0 Å². The van der Waals surface area contributed by atoms with Gasteiger partial charge in [-0.15, -0.1) is 0 Å². The molecule has 2 aromatic heterocycles. The van der Waals surface area contributed by atoms with Crippen LogP contribution >= 0.6 is 0 Å². The van der Waals surface area contributed by atoms with Gasteiger partial charge in [-0.3, -0.25) is 19.4 Å². The zero-order chi connectivity index (χ0) is 34.2. The van der Waals surface area contributed by atoms with Crippen molar-refractivity contribution >= 4 is 17.7 Å². The molecule has 0 unspecified atom stereocenters. The highest BCUT2D eigenvalue weighted by Crippen LogP contribution is 2.30. The van der Waals surface area contributed by atoms with Crippen molar-refractivity contribution in [3.63, 3.8) is 0 Å². The molecule has 5 aliphatic heterocycles. The second kappa shape index (κ2) is 15.5. The Morgan fingerprint density at radius 3 is 2.63 bits per heavy atom. The van der Waals surface area contributed by atoms with E-state index in [1.165, 1.54) is 7.11 Å². The number of benzene rings is 2. The number of rotatable bonds is 7. The largest absolute Gasteiger partial charge is 0.496 e. The topological polar surface area (TPSA) is 167 Å². The maximum absolute atomic E-state index is 13.4. The number of nitrogens with zero attached hydrogens (tertiary/aromatic N) is 4. The molecule has 0 spiro atoms. The van der Waals surface area contributed by atoms with Crippen molar-refractivity contribution in [1.29, 1.82) is 0 Å². The third-order valence-electron chi connectivity index (χ3n) is 8.40. The summed E-state index contributed by atoms with van der Waals surface area (Å²) in [6.07, 6.45) is 4.71. The number of aryl methyl sites for hydroxylation is 2. The number of amides is 3. The van der Waals surface area contributed by atoms with Gasteiger partial charge in [0.1, 0.15) is 17.6 Å². The standard InChI is InChI=1S/C35H38N6O8/c1-45-28-17-25-9-8-24(28)18-37-31(42)11-7-22-6-10-27(29(16-22)46-2)47-21-32(43)38-26-19-41(20-30(26)48-25)34(44)5-3-4-33-39-35(40-49-33)23-12-14-36-15-13-23/h6,8-10,12-17,26,30H,3-5,7,11,18-21H2,1-2H3,(H,37,42)(H,38,43)/t26-,30-/m1/s1. The normalized spacial score (nSPS) is 18.1. The second-order valence-corrected chi connectivity index (χ2v) is 11.8. The first-order valence-corrected chi connectivity index (χ1v) is 16.1. The average molecular weight is 671 g/mol. The van der Waals surface area contributed by atoms with Crippen molar-refractivity contribution in [2.75, 3.05) is 33.9 Å². The predicted molar refractivity (Wildman–Crippen MR) is 175 cm³/mol. The van der Waals surface area contributed by atoms with Crippen molar-refractivity contribution in [1.82, 2.24) is 30.7 Å². The van der Waals surface area contributed by atoms with Crippen LogP contribution in [0.25, 0.3) is 11.4 Å². The third kappa shape index (κ3) is 8.44. The number of nitrogens with one attached hydrogen (secondary N) is 2. The van der Waals surface area contributed by atoms with E-state index in [0.717, 1.165) is 16.7 Å². The predicted octanol–water partition coefficient (Wildman–Crippen LogP) is 2.89. The van der Waals surface area contributed by atoms with Crippen LogP contribution in [0.3, 0.4) is 0 Å². The molecule has 1 fully saturated rings. The summed E-state index contributed by atoms with van der Waals surface area (Å²) in [6, 6.07) is 13.8. The molecule has 4 bridgehead atoms. The Kier molecular flexibility index (Phi) is 10.5. The first-order valence-electron chi connectivity index (χ1n) is 16.1. The van der Waals surface area contributed by atoms with Gasteiger partial charge in [0.15, 0.2) is 18.1 Å². The maximum atomic E-state index is 13.4. The van der Waals surface area contributed by atoms with Crippen molar-refractivity contribution in [2.24, 2.45) is 0 Å². The fraction of sp³-hybridized carbons (Fsp3) is 0.371. The first kappa shape index (κ1) is 33.2. The minimum absolute atomic E-state index is 0.0884. The number of ether oxygens (including phenoxy) is 4. The summed E-state index contributed by atoms with van der Waals surface area (Å²) in [7, 11) is 3.07. The number of pyridine rings is 1.